The third-order valence-electron chi connectivity index (χ3n) is 3.62. The summed E-state index contributed by atoms with van der Waals surface area (Å²) in [6, 6.07) is 3.77. The maximum absolute atomic E-state index is 13.2. The van der Waals surface area contributed by atoms with E-state index in [1.165, 1.54) is 26.0 Å². The molecule has 3 N–H and O–H groups in total. The largest absolute Gasteiger partial charge is 0.382 e. The standard InChI is InChI=1S/C15H14ClFN6O4S/c1-7-14(8(2)26-21-7)28(24,25)19-6-12-13(23-27-22-12)15(18)20-9-3-4-11(17)10(16)5-9/h3-5,19H,6H2,1-2H3,(H2,18,20). The molecule has 28 heavy (non-hydrogen) atoms. The maximum atomic E-state index is 13.2. The zero-order chi connectivity index (χ0) is 20.5. The molecule has 0 spiro atoms. The van der Waals surface area contributed by atoms with Gasteiger partial charge in [-0.1, -0.05) is 21.9 Å². The molecule has 10 nitrogen and oxygen atoms in total. The molecule has 3 rings (SSSR count). The van der Waals surface area contributed by atoms with Crippen molar-refractivity contribution in [2.45, 2.75) is 25.3 Å². The van der Waals surface area contributed by atoms with Crippen LogP contribution in [-0.2, 0) is 16.6 Å². The van der Waals surface area contributed by atoms with Gasteiger partial charge in [0.1, 0.15) is 22.1 Å². The van der Waals surface area contributed by atoms with Gasteiger partial charge in [0.15, 0.2) is 17.3 Å². The smallest absolute Gasteiger partial charge is 0.246 e. The Bertz CT molecular complexity index is 1140. The summed E-state index contributed by atoms with van der Waals surface area (Å²) in [5.41, 5.74) is 6.51. The summed E-state index contributed by atoms with van der Waals surface area (Å²) in [5.74, 6) is -0.565. The third-order valence-corrected chi connectivity index (χ3v) is 5.55. The van der Waals surface area contributed by atoms with Gasteiger partial charge in [0.2, 0.25) is 10.0 Å². The first-order valence-corrected chi connectivity index (χ1v) is 9.58. The minimum absolute atomic E-state index is 0.0295. The van der Waals surface area contributed by atoms with Crippen molar-refractivity contribution >= 4 is 33.1 Å². The van der Waals surface area contributed by atoms with Crippen molar-refractivity contribution in [3.8, 4) is 0 Å². The summed E-state index contributed by atoms with van der Waals surface area (Å²) in [4.78, 5) is 4.00. The van der Waals surface area contributed by atoms with Gasteiger partial charge in [-0.05, 0) is 37.2 Å². The maximum Gasteiger partial charge on any atom is 0.246 e. The van der Waals surface area contributed by atoms with E-state index in [2.05, 4.69) is 29.8 Å². The first kappa shape index (κ1) is 19.9. The number of nitrogens with two attached hydrogens (primary N) is 1. The van der Waals surface area contributed by atoms with E-state index in [0.717, 1.165) is 6.07 Å². The summed E-state index contributed by atoms with van der Waals surface area (Å²) in [7, 11) is -3.92. The average molecular weight is 429 g/mol. The molecule has 0 unspecified atom stereocenters. The fourth-order valence-electron chi connectivity index (χ4n) is 2.36. The van der Waals surface area contributed by atoms with Crippen LogP contribution in [0.4, 0.5) is 10.1 Å². The van der Waals surface area contributed by atoms with E-state index in [4.69, 9.17) is 21.9 Å². The Balaban J connectivity index is 1.82. The van der Waals surface area contributed by atoms with E-state index in [0.29, 0.717) is 0 Å². The van der Waals surface area contributed by atoms with Crippen LogP contribution in [0.5, 0.6) is 0 Å². The molecule has 0 aliphatic carbocycles. The van der Waals surface area contributed by atoms with E-state index in [1.807, 2.05) is 0 Å². The first-order chi connectivity index (χ1) is 13.2. The van der Waals surface area contributed by atoms with E-state index in [9.17, 15) is 12.8 Å². The van der Waals surface area contributed by atoms with Crippen LogP contribution in [0.3, 0.4) is 0 Å². The Kier molecular flexibility index (Phi) is 5.45. The van der Waals surface area contributed by atoms with E-state index in [-0.39, 0.29) is 50.8 Å². The number of aryl methyl sites for hydroxylation is 2. The highest BCUT2D eigenvalue weighted by Gasteiger charge is 2.25. The highest BCUT2D eigenvalue weighted by molar-refractivity contribution is 7.89. The van der Waals surface area contributed by atoms with Crippen LogP contribution in [0.15, 0.2) is 37.2 Å². The van der Waals surface area contributed by atoms with Crippen LogP contribution in [0.2, 0.25) is 5.02 Å². The zero-order valence-corrected chi connectivity index (χ0v) is 16.2. The molecular weight excluding hydrogens is 415 g/mol. The molecule has 0 bridgehead atoms. The van der Waals surface area contributed by atoms with Crippen LogP contribution < -0.4 is 10.5 Å². The molecule has 2 heterocycles. The van der Waals surface area contributed by atoms with Crippen molar-refractivity contribution in [1.82, 2.24) is 20.2 Å². The summed E-state index contributed by atoms with van der Waals surface area (Å²) in [5, 5.41) is 10.8. The number of amidine groups is 1. The molecule has 0 aliphatic rings. The molecule has 0 amide bonds. The summed E-state index contributed by atoms with van der Waals surface area (Å²) in [6.45, 7) is 2.72. The zero-order valence-electron chi connectivity index (χ0n) is 14.6. The molecule has 0 aliphatic heterocycles. The van der Waals surface area contributed by atoms with E-state index in [1.54, 1.807) is 0 Å². The number of nitrogens with zero attached hydrogens (tertiary/aromatic N) is 4. The molecule has 0 atom stereocenters. The van der Waals surface area contributed by atoms with Gasteiger partial charge in [-0.25, -0.2) is 27.2 Å². The Morgan fingerprint density at radius 1 is 1.32 bits per heavy atom. The number of halogens is 2. The average Bonchev–Trinajstić information content (AvgIpc) is 3.23. The van der Waals surface area contributed by atoms with Crippen molar-refractivity contribution < 1.29 is 22.0 Å². The second-order valence-electron chi connectivity index (χ2n) is 5.63. The quantitative estimate of drug-likeness (QED) is 0.447. The normalized spacial score (nSPS) is 12.5. The van der Waals surface area contributed by atoms with Gasteiger partial charge in [0.05, 0.1) is 17.3 Å². The van der Waals surface area contributed by atoms with Crippen LogP contribution in [0, 0.1) is 19.7 Å². The van der Waals surface area contributed by atoms with E-state index < -0.39 is 15.8 Å². The Hall–Kier alpha value is -2.83. The number of nitrogens with one attached hydrogen (secondary N) is 1. The predicted octanol–water partition coefficient (Wildman–Crippen LogP) is 1.98. The van der Waals surface area contributed by atoms with Crippen molar-refractivity contribution in [2.24, 2.45) is 10.7 Å². The first-order valence-electron chi connectivity index (χ1n) is 7.72. The highest BCUT2D eigenvalue weighted by Crippen LogP contribution is 2.22. The minimum Gasteiger partial charge on any atom is -0.382 e. The molecule has 1 aromatic carbocycles. The molecule has 2 aromatic heterocycles. The van der Waals surface area contributed by atoms with Crippen LogP contribution in [0.1, 0.15) is 22.8 Å². The van der Waals surface area contributed by atoms with Crippen molar-refractivity contribution in [1.29, 1.82) is 0 Å². The molecule has 0 saturated carbocycles. The molecule has 0 fully saturated rings. The lowest BCUT2D eigenvalue weighted by molar-refractivity contribution is 0.302. The number of hydrogen-bond donors (Lipinski definition) is 2. The van der Waals surface area contributed by atoms with Gasteiger partial charge < -0.3 is 10.3 Å². The van der Waals surface area contributed by atoms with Gasteiger partial charge in [-0.15, -0.1) is 0 Å². The third kappa shape index (κ3) is 4.03. The predicted molar refractivity (Wildman–Crippen MR) is 96.1 cm³/mol. The van der Waals surface area contributed by atoms with Crippen LogP contribution in [-0.4, -0.2) is 29.7 Å². The molecule has 0 saturated heterocycles. The molecule has 148 valence electrons. The van der Waals surface area contributed by atoms with Gasteiger partial charge >= 0.3 is 0 Å². The molecule has 13 heteroatoms. The molecule has 0 radical (unpaired) electrons. The molecule has 3 aromatic rings. The number of benzene rings is 1. The SMILES string of the molecule is Cc1noc(C)c1S(=O)(=O)NCc1nonc1C(N)=Nc1ccc(F)c(Cl)c1. The van der Waals surface area contributed by atoms with Crippen LogP contribution >= 0.6 is 11.6 Å². The topological polar surface area (TPSA) is 150 Å². The van der Waals surface area contributed by atoms with Gasteiger partial charge in [0, 0.05) is 0 Å². The van der Waals surface area contributed by atoms with Crippen molar-refractivity contribution in [2.75, 3.05) is 0 Å². The summed E-state index contributed by atoms with van der Waals surface area (Å²) in [6.07, 6.45) is 0. The van der Waals surface area contributed by atoms with Gasteiger partial charge in [0.25, 0.3) is 0 Å². The lowest BCUT2D eigenvalue weighted by Gasteiger charge is -2.05. The molecular formula is C15H14ClFN6O4S. The number of hydrogen-bond acceptors (Lipinski definition) is 8. The fourth-order valence-corrected chi connectivity index (χ4v) is 3.85. The van der Waals surface area contributed by atoms with Crippen molar-refractivity contribution in [3.05, 3.63) is 51.9 Å². The summed E-state index contributed by atoms with van der Waals surface area (Å²) >= 11 is 5.71. The van der Waals surface area contributed by atoms with E-state index >= 15 is 0 Å². The number of sulfonamides is 1. The lowest BCUT2D eigenvalue weighted by Crippen LogP contribution is -2.26. The van der Waals surface area contributed by atoms with Gasteiger partial charge in [-0.3, -0.25) is 0 Å². The lowest BCUT2D eigenvalue weighted by atomic mass is 10.3. The van der Waals surface area contributed by atoms with Crippen LogP contribution in [0.25, 0.3) is 0 Å². The second kappa shape index (κ2) is 7.66. The fraction of sp³-hybridized carbons (Fsp3) is 0.200. The van der Waals surface area contributed by atoms with Crippen molar-refractivity contribution in [3.63, 3.8) is 0 Å². The Morgan fingerprint density at radius 3 is 2.71 bits per heavy atom. The number of rotatable bonds is 6. The Labute approximate surface area is 163 Å². The second-order valence-corrected chi connectivity index (χ2v) is 7.74. The number of aromatic nitrogens is 3. The summed E-state index contributed by atoms with van der Waals surface area (Å²) < 4.78 is 50.0. The number of aliphatic imine (C=N–C) groups is 1. The Morgan fingerprint density at radius 2 is 2.07 bits per heavy atom. The monoisotopic (exact) mass is 428 g/mol. The highest BCUT2D eigenvalue weighted by atomic mass is 35.5. The van der Waals surface area contributed by atoms with Gasteiger partial charge in [-0.2, -0.15) is 0 Å². The minimum atomic E-state index is -3.92.